The predicted octanol–water partition coefficient (Wildman–Crippen LogP) is 2.66. The first-order valence-corrected chi connectivity index (χ1v) is 6.28. The third-order valence-corrected chi connectivity index (χ3v) is 3.73. The van der Waals surface area contributed by atoms with Crippen LogP contribution in [0.3, 0.4) is 0 Å². The van der Waals surface area contributed by atoms with Crippen LogP contribution in [-0.2, 0) is 0 Å². The van der Waals surface area contributed by atoms with Crippen molar-refractivity contribution in [2.45, 2.75) is 20.3 Å². The van der Waals surface area contributed by atoms with E-state index >= 15 is 0 Å². The molecule has 1 aliphatic heterocycles. The monoisotopic (exact) mass is 249 g/mol. The van der Waals surface area contributed by atoms with Crippen LogP contribution in [0.5, 0.6) is 0 Å². The van der Waals surface area contributed by atoms with Crippen LogP contribution < -0.4 is 10.6 Å². The van der Waals surface area contributed by atoms with E-state index in [9.17, 15) is 10.1 Å². The number of hydrogen-bond donors (Lipinski definition) is 1. The second-order valence-corrected chi connectivity index (χ2v) is 5.24. The Morgan fingerprint density at radius 2 is 2.22 bits per heavy atom. The van der Waals surface area contributed by atoms with E-state index in [0.717, 1.165) is 25.2 Å². The number of nitro benzene ring substituents is 1. The van der Waals surface area contributed by atoms with E-state index in [-0.39, 0.29) is 5.69 Å². The van der Waals surface area contributed by atoms with Gasteiger partial charge >= 0.3 is 0 Å². The Morgan fingerprint density at radius 3 is 2.72 bits per heavy atom. The maximum Gasteiger partial charge on any atom is 0.271 e. The van der Waals surface area contributed by atoms with E-state index in [1.807, 2.05) is 0 Å². The smallest absolute Gasteiger partial charge is 0.271 e. The van der Waals surface area contributed by atoms with Crippen LogP contribution in [0.15, 0.2) is 18.2 Å². The summed E-state index contributed by atoms with van der Waals surface area (Å²) in [5.41, 5.74) is 7.38. The Kier molecular flexibility index (Phi) is 3.41. The fourth-order valence-corrected chi connectivity index (χ4v) is 2.49. The van der Waals surface area contributed by atoms with Crippen LogP contribution >= 0.6 is 0 Å². The van der Waals surface area contributed by atoms with Crippen molar-refractivity contribution in [1.82, 2.24) is 0 Å². The molecule has 1 heterocycles. The topological polar surface area (TPSA) is 72.4 Å². The molecule has 1 saturated heterocycles. The second-order valence-electron chi connectivity index (χ2n) is 5.24. The van der Waals surface area contributed by atoms with E-state index in [1.54, 1.807) is 6.07 Å². The molecule has 98 valence electrons. The molecular formula is C13H19N3O2. The standard InChI is InChI=1S/C13H19N3O2/c1-9(2)10-5-6-15(8-10)13-4-3-11(16(17)18)7-12(13)14/h3-4,7,9-10H,5-6,8,14H2,1-2H3. The number of non-ortho nitro benzene ring substituents is 1. The van der Waals surface area contributed by atoms with Gasteiger partial charge in [-0.25, -0.2) is 0 Å². The first-order chi connectivity index (χ1) is 8.49. The third kappa shape index (κ3) is 2.39. The van der Waals surface area contributed by atoms with Gasteiger partial charge in [0.2, 0.25) is 0 Å². The van der Waals surface area contributed by atoms with E-state index in [1.165, 1.54) is 12.1 Å². The molecule has 18 heavy (non-hydrogen) atoms. The van der Waals surface area contributed by atoms with Gasteiger partial charge in [-0.3, -0.25) is 10.1 Å². The lowest BCUT2D eigenvalue weighted by atomic mass is 9.95. The van der Waals surface area contributed by atoms with Gasteiger partial charge in [-0.1, -0.05) is 13.8 Å². The summed E-state index contributed by atoms with van der Waals surface area (Å²) in [6.45, 7) is 6.42. The number of nitrogen functional groups attached to an aromatic ring is 1. The van der Waals surface area contributed by atoms with Crippen LogP contribution in [0.25, 0.3) is 0 Å². The van der Waals surface area contributed by atoms with Gasteiger partial charge in [0.1, 0.15) is 0 Å². The van der Waals surface area contributed by atoms with Gasteiger partial charge in [0, 0.05) is 25.2 Å². The highest BCUT2D eigenvalue weighted by Crippen LogP contribution is 2.33. The van der Waals surface area contributed by atoms with Crippen LogP contribution in [0.1, 0.15) is 20.3 Å². The Morgan fingerprint density at radius 1 is 1.50 bits per heavy atom. The van der Waals surface area contributed by atoms with Crippen molar-refractivity contribution in [1.29, 1.82) is 0 Å². The maximum atomic E-state index is 10.7. The Bertz CT molecular complexity index is 460. The minimum atomic E-state index is -0.416. The lowest BCUT2D eigenvalue weighted by Crippen LogP contribution is -2.22. The van der Waals surface area contributed by atoms with Gasteiger partial charge in [0.05, 0.1) is 16.3 Å². The number of nitrogens with zero attached hydrogens (tertiary/aromatic N) is 2. The molecule has 0 radical (unpaired) electrons. The van der Waals surface area contributed by atoms with Gasteiger partial charge in [0.15, 0.2) is 0 Å². The summed E-state index contributed by atoms with van der Waals surface area (Å²) in [7, 11) is 0. The summed E-state index contributed by atoms with van der Waals surface area (Å²) in [5.74, 6) is 1.34. The number of anilines is 2. The number of nitrogens with two attached hydrogens (primary N) is 1. The Hall–Kier alpha value is -1.78. The molecule has 2 N–H and O–H groups in total. The zero-order chi connectivity index (χ0) is 13.3. The quantitative estimate of drug-likeness (QED) is 0.508. The molecular weight excluding hydrogens is 230 g/mol. The van der Waals surface area contributed by atoms with Crippen molar-refractivity contribution in [3.8, 4) is 0 Å². The minimum absolute atomic E-state index is 0.0517. The largest absolute Gasteiger partial charge is 0.397 e. The van der Waals surface area contributed by atoms with E-state index in [0.29, 0.717) is 17.5 Å². The highest BCUT2D eigenvalue weighted by atomic mass is 16.6. The Labute approximate surface area is 107 Å². The molecule has 5 heteroatoms. The molecule has 0 bridgehead atoms. The van der Waals surface area contributed by atoms with Crippen molar-refractivity contribution in [2.75, 3.05) is 23.7 Å². The molecule has 1 fully saturated rings. The van der Waals surface area contributed by atoms with Crippen molar-refractivity contribution in [3.05, 3.63) is 28.3 Å². The van der Waals surface area contributed by atoms with Crippen molar-refractivity contribution in [2.24, 2.45) is 11.8 Å². The normalized spacial score (nSPS) is 19.5. The lowest BCUT2D eigenvalue weighted by Gasteiger charge is -2.21. The second kappa shape index (κ2) is 4.84. The summed E-state index contributed by atoms with van der Waals surface area (Å²) in [5, 5.41) is 10.7. The van der Waals surface area contributed by atoms with Crippen molar-refractivity contribution in [3.63, 3.8) is 0 Å². The van der Waals surface area contributed by atoms with Crippen LogP contribution in [0, 0.1) is 22.0 Å². The molecule has 2 rings (SSSR count). The van der Waals surface area contributed by atoms with Crippen molar-refractivity contribution < 1.29 is 4.92 Å². The Balaban J connectivity index is 2.18. The average molecular weight is 249 g/mol. The van der Waals surface area contributed by atoms with Crippen LogP contribution in [-0.4, -0.2) is 18.0 Å². The molecule has 0 amide bonds. The van der Waals surface area contributed by atoms with Crippen LogP contribution in [0.2, 0.25) is 0 Å². The number of nitro groups is 1. The minimum Gasteiger partial charge on any atom is -0.397 e. The number of rotatable bonds is 3. The molecule has 0 aromatic heterocycles. The SMILES string of the molecule is CC(C)C1CCN(c2ccc([N+](=O)[O-])cc2N)C1. The molecule has 5 nitrogen and oxygen atoms in total. The molecule has 1 atom stereocenters. The maximum absolute atomic E-state index is 10.7. The zero-order valence-electron chi connectivity index (χ0n) is 10.8. The number of hydrogen-bond acceptors (Lipinski definition) is 4. The molecule has 0 spiro atoms. The zero-order valence-corrected chi connectivity index (χ0v) is 10.8. The fourth-order valence-electron chi connectivity index (χ4n) is 2.49. The summed E-state index contributed by atoms with van der Waals surface area (Å²) in [4.78, 5) is 12.5. The molecule has 0 aliphatic carbocycles. The van der Waals surface area contributed by atoms with Gasteiger partial charge in [0.25, 0.3) is 5.69 Å². The van der Waals surface area contributed by atoms with Crippen molar-refractivity contribution >= 4 is 17.1 Å². The highest BCUT2D eigenvalue weighted by molar-refractivity contribution is 5.71. The van der Waals surface area contributed by atoms with Gasteiger partial charge in [-0.2, -0.15) is 0 Å². The van der Waals surface area contributed by atoms with E-state index < -0.39 is 4.92 Å². The van der Waals surface area contributed by atoms with Gasteiger partial charge in [-0.15, -0.1) is 0 Å². The number of benzene rings is 1. The molecule has 1 unspecified atom stereocenters. The molecule has 1 aromatic carbocycles. The summed E-state index contributed by atoms with van der Waals surface area (Å²) in [6, 6.07) is 4.72. The summed E-state index contributed by atoms with van der Waals surface area (Å²) >= 11 is 0. The predicted molar refractivity (Wildman–Crippen MR) is 72.7 cm³/mol. The fraction of sp³-hybridized carbons (Fsp3) is 0.538. The summed E-state index contributed by atoms with van der Waals surface area (Å²) < 4.78 is 0. The van der Waals surface area contributed by atoms with Gasteiger partial charge in [-0.05, 0) is 24.3 Å². The van der Waals surface area contributed by atoms with Crippen LogP contribution in [0.4, 0.5) is 17.1 Å². The molecule has 0 saturated carbocycles. The lowest BCUT2D eigenvalue weighted by molar-refractivity contribution is -0.384. The summed E-state index contributed by atoms with van der Waals surface area (Å²) in [6.07, 6.45) is 1.16. The third-order valence-electron chi connectivity index (χ3n) is 3.73. The molecule has 1 aromatic rings. The highest BCUT2D eigenvalue weighted by Gasteiger charge is 2.26. The van der Waals surface area contributed by atoms with E-state index in [2.05, 4.69) is 18.7 Å². The molecule has 1 aliphatic rings. The first kappa shape index (κ1) is 12.7. The van der Waals surface area contributed by atoms with E-state index in [4.69, 9.17) is 5.73 Å². The first-order valence-electron chi connectivity index (χ1n) is 6.28. The average Bonchev–Trinajstić information content (AvgIpc) is 2.78. The van der Waals surface area contributed by atoms with Gasteiger partial charge < -0.3 is 10.6 Å².